The number of methoxy groups -OCH3 is 1. The first-order valence-corrected chi connectivity index (χ1v) is 8.96. The molecule has 3 rings (SSSR count). The molecular weight excluding hydrogens is 328 g/mol. The van der Waals surface area contributed by atoms with Crippen LogP contribution in [0.1, 0.15) is 28.9 Å². The van der Waals surface area contributed by atoms with Gasteiger partial charge in [-0.05, 0) is 36.2 Å². The quantitative estimate of drug-likeness (QED) is 0.896. The molecule has 2 aromatic carbocycles. The topological polar surface area (TPSA) is 50.8 Å². The standard InChI is InChI=1S/C21H26N2O3/c1-15(23-10-12-26-13-11-23)16-4-6-17(7-5-16)19-14-18(21(24)22-2)8-9-20(19)25-3/h4-9,14-15H,10-13H2,1-3H3,(H,22,24)/t15-/m0/s1. The van der Waals surface area contributed by atoms with E-state index in [9.17, 15) is 4.79 Å². The highest BCUT2D eigenvalue weighted by Gasteiger charge is 2.18. The highest BCUT2D eigenvalue weighted by molar-refractivity contribution is 5.96. The minimum absolute atomic E-state index is 0.105. The molecule has 1 atom stereocenters. The molecule has 138 valence electrons. The van der Waals surface area contributed by atoms with Crippen molar-refractivity contribution in [3.05, 3.63) is 53.6 Å². The predicted molar refractivity (Wildman–Crippen MR) is 103 cm³/mol. The smallest absolute Gasteiger partial charge is 0.251 e. The molecule has 0 bridgehead atoms. The Kier molecular flexibility index (Phi) is 5.91. The van der Waals surface area contributed by atoms with E-state index in [1.165, 1.54) is 5.56 Å². The molecule has 1 amide bonds. The molecule has 0 radical (unpaired) electrons. The Bertz CT molecular complexity index is 752. The van der Waals surface area contributed by atoms with E-state index in [4.69, 9.17) is 9.47 Å². The van der Waals surface area contributed by atoms with Gasteiger partial charge in [-0.1, -0.05) is 24.3 Å². The lowest BCUT2D eigenvalue weighted by Crippen LogP contribution is -2.37. The first-order chi connectivity index (χ1) is 12.6. The summed E-state index contributed by atoms with van der Waals surface area (Å²) in [4.78, 5) is 14.4. The summed E-state index contributed by atoms with van der Waals surface area (Å²) in [6, 6.07) is 14.3. The van der Waals surface area contributed by atoms with E-state index in [1.54, 1.807) is 20.2 Å². The summed E-state index contributed by atoms with van der Waals surface area (Å²) in [7, 11) is 3.28. The number of carbonyl (C=O) groups excluding carboxylic acids is 1. The minimum Gasteiger partial charge on any atom is -0.496 e. The lowest BCUT2D eigenvalue weighted by atomic mass is 9.98. The number of hydrogen-bond acceptors (Lipinski definition) is 4. The van der Waals surface area contributed by atoms with Crippen molar-refractivity contribution in [1.29, 1.82) is 0 Å². The SMILES string of the molecule is CNC(=O)c1ccc(OC)c(-c2ccc([C@H](C)N3CCOCC3)cc2)c1. The monoisotopic (exact) mass is 354 g/mol. The molecule has 26 heavy (non-hydrogen) atoms. The molecule has 0 spiro atoms. The summed E-state index contributed by atoms with van der Waals surface area (Å²) >= 11 is 0. The van der Waals surface area contributed by atoms with Gasteiger partial charge in [-0.2, -0.15) is 0 Å². The second-order valence-corrected chi connectivity index (χ2v) is 6.44. The van der Waals surface area contributed by atoms with Gasteiger partial charge < -0.3 is 14.8 Å². The molecule has 0 aliphatic carbocycles. The van der Waals surface area contributed by atoms with Gasteiger partial charge in [-0.3, -0.25) is 9.69 Å². The molecule has 0 aromatic heterocycles. The molecule has 1 heterocycles. The van der Waals surface area contributed by atoms with Crippen molar-refractivity contribution < 1.29 is 14.3 Å². The van der Waals surface area contributed by atoms with Gasteiger partial charge in [0.05, 0.1) is 20.3 Å². The van der Waals surface area contributed by atoms with Crippen LogP contribution < -0.4 is 10.1 Å². The van der Waals surface area contributed by atoms with E-state index in [1.807, 2.05) is 12.1 Å². The maximum atomic E-state index is 11.9. The Balaban J connectivity index is 1.86. The van der Waals surface area contributed by atoms with Crippen LogP contribution >= 0.6 is 0 Å². The molecule has 1 aliphatic rings. The number of nitrogens with zero attached hydrogens (tertiary/aromatic N) is 1. The minimum atomic E-state index is -0.105. The second-order valence-electron chi connectivity index (χ2n) is 6.44. The number of amides is 1. The van der Waals surface area contributed by atoms with Gasteiger partial charge in [-0.15, -0.1) is 0 Å². The average molecular weight is 354 g/mol. The lowest BCUT2D eigenvalue weighted by molar-refractivity contribution is 0.0198. The van der Waals surface area contributed by atoms with E-state index in [0.717, 1.165) is 43.2 Å². The molecule has 1 aliphatic heterocycles. The zero-order valence-electron chi connectivity index (χ0n) is 15.6. The number of nitrogens with one attached hydrogen (secondary N) is 1. The third-order valence-electron chi connectivity index (χ3n) is 4.99. The highest BCUT2D eigenvalue weighted by Crippen LogP contribution is 2.32. The summed E-state index contributed by atoms with van der Waals surface area (Å²) in [5.74, 6) is 0.651. The fourth-order valence-corrected chi connectivity index (χ4v) is 3.34. The van der Waals surface area contributed by atoms with E-state index in [2.05, 4.69) is 41.4 Å². The average Bonchev–Trinajstić information content (AvgIpc) is 2.73. The van der Waals surface area contributed by atoms with Gasteiger partial charge in [0, 0.05) is 37.3 Å². The van der Waals surface area contributed by atoms with Crippen molar-refractivity contribution in [1.82, 2.24) is 10.2 Å². The fraction of sp³-hybridized carbons (Fsp3) is 0.381. The van der Waals surface area contributed by atoms with E-state index >= 15 is 0 Å². The van der Waals surface area contributed by atoms with Gasteiger partial charge in [0.25, 0.3) is 5.91 Å². The zero-order valence-corrected chi connectivity index (χ0v) is 15.6. The van der Waals surface area contributed by atoms with E-state index < -0.39 is 0 Å². The summed E-state index contributed by atoms with van der Waals surface area (Å²) in [5, 5.41) is 2.66. The van der Waals surface area contributed by atoms with Gasteiger partial charge in [0.2, 0.25) is 0 Å². The molecule has 0 unspecified atom stereocenters. The van der Waals surface area contributed by atoms with Crippen LogP contribution in [0.5, 0.6) is 5.75 Å². The van der Waals surface area contributed by atoms with Crippen LogP contribution in [-0.2, 0) is 4.74 Å². The normalized spacial score (nSPS) is 16.1. The van der Waals surface area contributed by atoms with Crippen LogP contribution in [-0.4, -0.2) is 51.3 Å². The predicted octanol–water partition coefficient (Wildman–Crippen LogP) is 3.12. The highest BCUT2D eigenvalue weighted by atomic mass is 16.5. The van der Waals surface area contributed by atoms with Gasteiger partial charge in [0.1, 0.15) is 5.75 Å². The van der Waals surface area contributed by atoms with Crippen LogP contribution in [0.4, 0.5) is 0 Å². The number of ether oxygens (including phenoxy) is 2. The van der Waals surface area contributed by atoms with Crippen molar-refractivity contribution in [2.75, 3.05) is 40.5 Å². The molecule has 1 N–H and O–H groups in total. The van der Waals surface area contributed by atoms with Crippen LogP contribution in [0, 0.1) is 0 Å². The summed E-state index contributed by atoms with van der Waals surface area (Å²) in [6.07, 6.45) is 0. The number of morpholine rings is 1. The van der Waals surface area contributed by atoms with Crippen molar-refractivity contribution in [3.8, 4) is 16.9 Å². The van der Waals surface area contributed by atoms with Crippen molar-refractivity contribution >= 4 is 5.91 Å². The van der Waals surface area contributed by atoms with Gasteiger partial charge in [0.15, 0.2) is 0 Å². The summed E-state index contributed by atoms with van der Waals surface area (Å²) < 4.78 is 10.9. The first kappa shape index (κ1) is 18.4. The fourth-order valence-electron chi connectivity index (χ4n) is 3.34. The van der Waals surface area contributed by atoms with Gasteiger partial charge in [-0.25, -0.2) is 0 Å². The number of carbonyl (C=O) groups is 1. The third-order valence-corrected chi connectivity index (χ3v) is 4.99. The number of rotatable bonds is 5. The number of hydrogen-bond donors (Lipinski definition) is 1. The molecule has 5 heteroatoms. The van der Waals surface area contributed by atoms with Crippen molar-refractivity contribution in [3.63, 3.8) is 0 Å². The maximum Gasteiger partial charge on any atom is 0.251 e. The largest absolute Gasteiger partial charge is 0.496 e. The van der Waals surface area contributed by atoms with E-state index in [0.29, 0.717) is 11.6 Å². The second kappa shape index (κ2) is 8.34. The Morgan fingerprint density at radius 3 is 2.46 bits per heavy atom. The molecule has 1 saturated heterocycles. The van der Waals surface area contributed by atoms with Crippen molar-refractivity contribution in [2.24, 2.45) is 0 Å². The Morgan fingerprint density at radius 1 is 1.15 bits per heavy atom. The third kappa shape index (κ3) is 3.89. The Hall–Kier alpha value is -2.37. The first-order valence-electron chi connectivity index (χ1n) is 8.96. The van der Waals surface area contributed by atoms with Crippen LogP contribution in [0.2, 0.25) is 0 Å². The lowest BCUT2D eigenvalue weighted by Gasteiger charge is -2.32. The maximum absolute atomic E-state index is 11.9. The molecule has 0 saturated carbocycles. The Morgan fingerprint density at radius 2 is 1.85 bits per heavy atom. The summed E-state index contributed by atoms with van der Waals surface area (Å²) in [5.41, 5.74) is 3.84. The zero-order chi connectivity index (χ0) is 18.5. The van der Waals surface area contributed by atoms with Crippen LogP contribution in [0.25, 0.3) is 11.1 Å². The molecule has 1 fully saturated rings. The summed E-state index contributed by atoms with van der Waals surface area (Å²) in [6.45, 7) is 5.75. The van der Waals surface area contributed by atoms with E-state index in [-0.39, 0.29) is 5.91 Å². The Labute approximate surface area is 154 Å². The number of benzene rings is 2. The van der Waals surface area contributed by atoms with Crippen LogP contribution in [0.3, 0.4) is 0 Å². The van der Waals surface area contributed by atoms with Crippen molar-refractivity contribution in [2.45, 2.75) is 13.0 Å². The van der Waals surface area contributed by atoms with Crippen LogP contribution in [0.15, 0.2) is 42.5 Å². The molecular formula is C21H26N2O3. The molecule has 5 nitrogen and oxygen atoms in total. The molecule has 2 aromatic rings. The van der Waals surface area contributed by atoms with Gasteiger partial charge >= 0.3 is 0 Å².